The highest BCUT2D eigenvalue weighted by molar-refractivity contribution is 7.99. The van der Waals surface area contributed by atoms with Crippen molar-refractivity contribution in [3.05, 3.63) is 93.3 Å². The standard InChI is InChI=1S/C23H18FN5O2S2/c24-17-8-6-15(7-9-17)12-25-19(30)14-33-23-27-26-22-28(13-16-4-2-1-3-5-16)21(31)20-18(29(22)23)10-11-32-20/h1-11H,12-14H2,(H,25,30). The number of aromatic nitrogens is 4. The number of nitrogens with one attached hydrogen (secondary N) is 1. The van der Waals surface area contributed by atoms with Gasteiger partial charge in [0.25, 0.3) is 5.56 Å². The number of rotatable bonds is 7. The minimum atomic E-state index is -0.315. The van der Waals surface area contributed by atoms with Gasteiger partial charge in [-0.15, -0.1) is 21.5 Å². The lowest BCUT2D eigenvalue weighted by atomic mass is 10.2. The highest BCUT2D eigenvalue weighted by atomic mass is 32.2. The molecule has 0 atom stereocenters. The van der Waals surface area contributed by atoms with Gasteiger partial charge in [0.2, 0.25) is 11.7 Å². The molecule has 1 amide bonds. The van der Waals surface area contributed by atoms with Crippen LogP contribution < -0.4 is 10.9 Å². The molecule has 2 aromatic carbocycles. The predicted octanol–water partition coefficient (Wildman–Crippen LogP) is 3.70. The van der Waals surface area contributed by atoms with E-state index in [1.165, 1.54) is 35.2 Å². The Bertz CT molecular complexity index is 1490. The van der Waals surface area contributed by atoms with Crippen molar-refractivity contribution < 1.29 is 9.18 Å². The van der Waals surface area contributed by atoms with Crippen molar-refractivity contribution in [2.75, 3.05) is 5.75 Å². The van der Waals surface area contributed by atoms with E-state index in [9.17, 15) is 14.0 Å². The van der Waals surface area contributed by atoms with Gasteiger partial charge in [-0.1, -0.05) is 54.2 Å². The first-order valence-electron chi connectivity index (χ1n) is 10.1. The molecule has 33 heavy (non-hydrogen) atoms. The number of thiophene rings is 1. The fourth-order valence-corrected chi connectivity index (χ4v) is 5.08. The molecule has 0 saturated carbocycles. The van der Waals surface area contributed by atoms with E-state index in [4.69, 9.17) is 0 Å². The van der Waals surface area contributed by atoms with Crippen LogP contribution in [0.2, 0.25) is 0 Å². The Morgan fingerprint density at radius 2 is 1.82 bits per heavy atom. The van der Waals surface area contributed by atoms with Gasteiger partial charge >= 0.3 is 0 Å². The summed E-state index contributed by atoms with van der Waals surface area (Å²) in [6.07, 6.45) is 0. The normalized spacial score (nSPS) is 11.3. The Labute approximate surface area is 195 Å². The number of thioether (sulfide) groups is 1. The third-order valence-corrected chi connectivity index (χ3v) is 6.92. The van der Waals surface area contributed by atoms with Gasteiger partial charge in [-0.25, -0.2) is 4.39 Å². The second-order valence-electron chi connectivity index (χ2n) is 7.32. The molecule has 1 N–H and O–H groups in total. The molecule has 0 radical (unpaired) electrons. The van der Waals surface area contributed by atoms with Gasteiger partial charge in [0, 0.05) is 6.54 Å². The van der Waals surface area contributed by atoms with Gasteiger partial charge in [-0.2, -0.15) is 0 Å². The lowest BCUT2D eigenvalue weighted by Crippen LogP contribution is -2.25. The summed E-state index contributed by atoms with van der Waals surface area (Å²) in [6.45, 7) is 0.684. The van der Waals surface area contributed by atoms with Crippen LogP contribution >= 0.6 is 23.1 Å². The number of carbonyl (C=O) groups is 1. The first-order valence-corrected chi connectivity index (χ1v) is 12.0. The summed E-state index contributed by atoms with van der Waals surface area (Å²) in [5.74, 6) is 0.0693. The van der Waals surface area contributed by atoms with Gasteiger partial charge in [-0.05, 0) is 34.7 Å². The Kier molecular flexibility index (Phi) is 5.93. The molecule has 7 nitrogen and oxygen atoms in total. The molecule has 0 unspecified atom stereocenters. The molecule has 0 aliphatic carbocycles. The second-order valence-corrected chi connectivity index (χ2v) is 9.18. The summed E-state index contributed by atoms with van der Waals surface area (Å²) in [5, 5.41) is 13.8. The van der Waals surface area contributed by atoms with Crippen LogP contribution in [0.25, 0.3) is 16.0 Å². The molecular weight excluding hydrogens is 461 g/mol. The van der Waals surface area contributed by atoms with E-state index >= 15 is 0 Å². The Balaban J connectivity index is 1.39. The number of hydrogen-bond acceptors (Lipinski definition) is 6. The van der Waals surface area contributed by atoms with Crippen LogP contribution in [0, 0.1) is 5.82 Å². The fourth-order valence-electron chi connectivity index (χ4n) is 3.49. The van der Waals surface area contributed by atoms with E-state index in [1.54, 1.807) is 16.7 Å². The maximum atomic E-state index is 13.1. The Hall–Kier alpha value is -3.50. The molecule has 3 heterocycles. The lowest BCUT2D eigenvalue weighted by molar-refractivity contribution is -0.118. The average Bonchev–Trinajstić information content (AvgIpc) is 3.48. The number of benzene rings is 2. The second kappa shape index (κ2) is 9.16. The maximum Gasteiger partial charge on any atom is 0.273 e. The summed E-state index contributed by atoms with van der Waals surface area (Å²) in [5.41, 5.74) is 2.41. The quantitative estimate of drug-likeness (QED) is 0.360. The largest absolute Gasteiger partial charge is 0.351 e. The van der Waals surface area contributed by atoms with Gasteiger partial charge in [0.1, 0.15) is 10.5 Å². The van der Waals surface area contributed by atoms with Crippen molar-refractivity contribution in [1.29, 1.82) is 0 Å². The average molecular weight is 480 g/mol. The summed E-state index contributed by atoms with van der Waals surface area (Å²) >= 11 is 2.62. The first-order chi connectivity index (χ1) is 16.1. The zero-order valence-corrected chi connectivity index (χ0v) is 18.9. The van der Waals surface area contributed by atoms with Gasteiger partial charge in [-0.3, -0.25) is 18.6 Å². The van der Waals surface area contributed by atoms with E-state index in [0.717, 1.165) is 16.6 Å². The summed E-state index contributed by atoms with van der Waals surface area (Å²) < 4.78 is 17.1. The zero-order valence-electron chi connectivity index (χ0n) is 17.3. The highest BCUT2D eigenvalue weighted by Gasteiger charge is 2.18. The van der Waals surface area contributed by atoms with E-state index < -0.39 is 0 Å². The van der Waals surface area contributed by atoms with E-state index in [2.05, 4.69) is 15.5 Å². The van der Waals surface area contributed by atoms with Crippen LogP contribution in [0.3, 0.4) is 0 Å². The van der Waals surface area contributed by atoms with Gasteiger partial charge < -0.3 is 5.32 Å². The van der Waals surface area contributed by atoms with Gasteiger partial charge in [0.05, 0.1) is 17.8 Å². The number of halogens is 1. The van der Waals surface area contributed by atoms with Crippen LogP contribution in [0.1, 0.15) is 11.1 Å². The minimum Gasteiger partial charge on any atom is -0.351 e. The molecule has 0 saturated heterocycles. The topological polar surface area (TPSA) is 81.3 Å². The van der Waals surface area contributed by atoms with Crippen molar-refractivity contribution in [3.8, 4) is 0 Å². The van der Waals surface area contributed by atoms with Crippen molar-refractivity contribution in [2.24, 2.45) is 0 Å². The Morgan fingerprint density at radius 3 is 2.61 bits per heavy atom. The first kappa shape index (κ1) is 21.4. The molecule has 0 bridgehead atoms. The number of hydrogen-bond donors (Lipinski definition) is 1. The molecule has 0 spiro atoms. The van der Waals surface area contributed by atoms with Gasteiger partial charge in [0.15, 0.2) is 5.16 Å². The van der Waals surface area contributed by atoms with Crippen molar-refractivity contribution in [2.45, 2.75) is 18.2 Å². The van der Waals surface area contributed by atoms with Crippen LogP contribution in [0.5, 0.6) is 0 Å². The number of carbonyl (C=O) groups excluding carboxylic acids is 1. The van der Waals surface area contributed by atoms with E-state index in [-0.39, 0.29) is 23.0 Å². The molecule has 5 rings (SSSR count). The zero-order chi connectivity index (χ0) is 22.8. The predicted molar refractivity (Wildman–Crippen MR) is 127 cm³/mol. The third-order valence-electron chi connectivity index (χ3n) is 5.10. The minimum absolute atomic E-state index is 0.114. The smallest absolute Gasteiger partial charge is 0.273 e. The molecule has 5 aromatic rings. The van der Waals surface area contributed by atoms with E-state index in [0.29, 0.717) is 28.7 Å². The SMILES string of the molecule is O=C(CSc1nnc2n(Cc3ccccc3)c(=O)c3sccc3n12)NCc1ccc(F)cc1. The number of nitrogens with zero attached hydrogens (tertiary/aromatic N) is 4. The summed E-state index contributed by atoms with van der Waals surface area (Å²) in [4.78, 5) is 25.5. The van der Waals surface area contributed by atoms with E-state index in [1.807, 2.05) is 46.2 Å². The van der Waals surface area contributed by atoms with Crippen molar-refractivity contribution >= 4 is 45.0 Å². The van der Waals surface area contributed by atoms with Crippen molar-refractivity contribution in [3.63, 3.8) is 0 Å². The lowest BCUT2D eigenvalue weighted by Gasteiger charge is -2.09. The monoisotopic (exact) mass is 479 g/mol. The molecule has 0 aliphatic rings. The Morgan fingerprint density at radius 1 is 1.03 bits per heavy atom. The molecule has 0 fully saturated rings. The summed E-state index contributed by atoms with van der Waals surface area (Å²) in [7, 11) is 0. The maximum absolute atomic E-state index is 13.1. The molecule has 0 aliphatic heterocycles. The molecule has 3 aromatic heterocycles. The van der Waals surface area contributed by atoms with Crippen LogP contribution in [-0.2, 0) is 17.9 Å². The third kappa shape index (κ3) is 4.39. The summed E-state index contributed by atoms with van der Waals surface area (Å²) in [6, 6.07) is 17.5. The molecule has 10 heteroatoms. The van der Waals surface area contributed by atoms with Crippen molar-refractivity contribution in [1.82, 2.24) is 24.5 Å². The number of amides is 1. The van der Waals surface area contributed by atoms with Crippen LogP contribution in [0.4, 0.5) is 4.39 Å². The van der Waals surface area contributed by atoms with Crippen LogP contribution in [-0.4, -0.2) is 30.8 Å². The number of fused-ring (bicyclic) bond motifs is 3. The van der Waals surface area contributed by atoms with Crippen LogP contribution in [0.15, 0.2) is 76.0 Å². The highest BCUT2D eigenvalue weighted by Crippen LogP contribution is 2.24. The molecular formula is C23H18FN5O2S2. The fraction of sp³-hybridized carbons (Fsp3) is 0.130. The molecule has 166 valence electrons.